The number of carbonyl (C=O) groups excluding carboxylic acids is 1. The molecule has 2 heterocycles. The lowest BCUT2D eigenvalue weighted by molar-refractivity contribution is -0.120. The second-order valence-electron chi connectivity index (χ2n) is 6.55. The minimum atomic E-state index is -0.00995. The van der Waals surface area contributed by atoms with Gasteiger partial charge in [-0.25, -0.2) is 9.67 Å². The molecule has 146 valence electrons. The number of halogens is 1. The van der Waals surface area contributed by atoms with Crippen LogP contribution in [0.15, 0.2) is 76.8 Å². The molecular weight excluding hydrogens is 448 g/mol. The van der Waals surface area contributed by atoms with Gasteiger partial charge in [0.15, 0.2) is 0 Å². The van der Waals surface area contributed by atoms with Crippen LogP contribution in [0.2, 0.25) is 0 Å². The number of thiazole rings is 1. The van der Waals surface area contributed by atoms with Gasteiger partial charge in [-0.15, -0.1) is 11.3 Å². The van der Waals surface area contributed by atoms with Crippen molar-refractivity contribution >= 4 is 33.2 Å². The molecule has 5 nitrogen and oxygen atoms in total. The second-order valence-corrected chi connectivity index (χ2v) is 8.32. The summed E-state index contributed by atoms with van der Waals surface area (Å²) in [5.41, 5.74) is 4.04. The molecule has 1 amide bonds. The number of hydrogen-bond acceptors (Lipinski definition) is 4. The molecule has 0 saturated heterocycles. The smallest absolute Gasteiger partial charge is 0.226 e. The van der Waals surface area contributed by atoms with Crippen LogP contribution >= 0.6 is 27.3 Å². The number of rotatable bonds is 7. The molecule has 0 aliphatic carbocycles. The van der Waals surface area contributed by atoms with E-state index in [9.17, 15) is 4.79 Å². The Morgan fingerprint density at radius 1 is 1.14 bits per heavy atom. The minimum Gasteiger partial charge on any atom is -0.355 e. The van der Waals surface area contributed by atoms with Gasteiger partial charge in [0, 0.05) is 34.4 Å². The lowest BCUT2D eigenvalue weighted by Gasteiger charge is -2.06. The summed E-state index contributed by atoms with van der Waals surface area (Å²) in [6.45, 7) is 0.600. The van der Waals surface area contributed by atoms with Crippen LogP contribution in [0.3, 0.4) is 0 Å². The molecule has 0 bridgehead atoms. The number of carbonyl (C=O) groups is 1. The average molecular weight is 467 g/mol. The van der Waals surface area contributed by atoms with Crippen LogP contribution in [0.5, 0.6) is 0 Å². The number of aromatic nitrogens is 3. The molecule has 0 aliphatic heterocycles. The fourth-order valence-electron chi connectivity index (χ4n) is 2.95. The Morgan fingerprint density at radius 2 is 2.00 bits per heavy atom. The molecule has 7 heteroatoms. The van der Waals surface area contributed by atoms with E-state index in [4.69, 9.17) is 0 Å². The van der Waals surface area contributed by atoms with Gasteiger partial charge in [-0.2, -0.15) is 5.10 Å². The number of hydrogen-bond donors (Lipinski definition) is 1. The van der Waals surface area contributed by atoms with Crippen LogP contribution in [-0.4, -0.2) is 27.2 Å². The fraction of sp³-hybridized carbons (Fsp3) is 0.136. The third-order valence-electron chi connectivity index (χ3n) is 4.41. The van der Waals surface area contributed by atoms with Crippen molar-refractivity contribution in [3.05, 3.63) is 88.1 Å². The normalized spacial score (nSPS) is 10.8. The monoisotopic (exact) mass is 466 g/mol. The maximum absolute atomic E-state index is 12.2. The zero-order valence-corrected chi connectivity index (χ0v) is 18.0. The van der Waals surface area contributed by atoms with E-state index >= 15 is 0 Å². The summed E-state index contributed by atoms with van der Waals surface area (Å²) >= 11 is 5.03. The van der Waals surface area contributed by atoms with Crippen molar-refractivity contribution in [1.29, 1.82) is 0 Å². The van der Waals surface area contributed by atoms with E-state index in [0.29, 0.717) is 13.0 Å². The topological polar surface area (TPSA) is 59.8 Å². The van der Waals surface area contributed by atoms with Crippen molar-refractivity contribution in [3.63, 3.8) is 0 Å². The summed E-state index contributed by atoms with van der Waals surface area (Å²) in [4.78, 5) is 16.8. The molecule has 0 atom stereocenters. The van der Waals surface area contributed by atoms with Gasteiger partial charge < -0.3 is 5.32 Å². The van der Waals surface area contributed by atoms with E-state index in [2.05, 4.69) is 43.5 Å². The van der Waals surface area contributed by atoms with Gasteiger partial charge in [-0.05, 0) is 42.3 Å². The van der Waals surface area contributed by atoms with E-state index in [0.717, 1.165) is 32.8 Å². The number of benzene rings is 2. The van der Waals surface area contributed by atoms with Gasteiger partial charge in [0.05, 0.1) is 17.8 Å². The summed E-state index contributed by atoms with van der Waals surface area (Å²) in [7, 11) is 0. The maximum atomic E-state index is 12.2. The van der Waals surface area contributed by atoms with Crippen LogP contribution < -0.4 is 5.32 Å². The van der Waals surface area contributed by atoms with Crippen molar-refractivity contribution in [3.8, 4) is 16.3 Å². The first-order valence-corrected chi connectivity index (χ1v) is 10.9. The molecule has 29 heavy (non-hydrogen) atoms. The zero-order valence-electron chi connectivity index (χ0n) is 15.6. The summed E-state index contributed by atoms with van der Waals surface area (Å²) < 4.78 is 2.84. The quantitative estimate of drug-likeness (QED) is 0.430. The predicted octanol–water partition coefficient (Wildman–Crippen LogP) is 4.66. The Balaban J connectivity index is 1.26. The summed E-state index contributed by atoms with van der Waals surface area (Å²) in [5, 5.41) is 10.1. The molecule has 1 N–H and O–H groups in total. The van der Waals surface area contributed by atoms with Crippen LogP contribution in [0.1, 0.15) is 11.3 Å². The summed E-state index contributed by atoms with van der Waals surface area (Å²) in [6, 6.07) is 18.1. The van der Waals surface area contributed by atoms with Crippen molar-refractivity contribution in [2.24, 2.45) is 0 Å². The van der Waals surface area contributed by atoms with Crippen LogP contribution in [0.4, 0.5) is 0 Å². The Bertz CT molecular complexity index is 1090. The van der Waals surface area contributed by atoms with Crippen molar-refractivity contribution in [2.75, 3.05) is 6.54 Å². The van der Waals surface area contributed by atoms with E-state index in [-0.39, 0.29) is 5.91 Å². The average Bonchev–Trinajstić information content (AvgIpc) is 3.41. The molecular formula is C22H19BrN4OS. The molecule has 0 saturated carbocycles. The van der Waals surface area contributed by atoms with E-state index in [1.165, 1.54) is 5.56 Å². The largest absolute Gasteiger partial charge is 0.355 e. The molecule has 4 aromatic rings. The molecule has 0 spiro atoms. The lowest BCUT2D eigenvalue weighted by Crippen LogP contribution is -2.27. The second kappa shape index (κ2) is 9.15. The Kier molecular flexibility index (Phi) is 6.17. The predicted molar refractivity (Wildman–Crippen MR) is 119 cm³/mol. The number of nitrogens with one attached hydrogen (secondary N) is 1. The van der Waals surface area contributed by atoms with Gasteiger partial charge in [0.25, 0.3) is 0 Å². The molecule has 0 radical (unpaired) electrons. The van der Waals surface area contributed by atoms with E-state index in [1.54, 1.807) is 17.5 Å². The highest BCUT2D eigenvalue weighted by molar-refractivity contribution is 9.10. The molecule has 0 aliphatic rings. The summed E-state index contributed by atoms with van der Waals surface area (Å²) in [5.74, 6) is -0.00995. The molecule has 2 aromatic heterocycles. The van der Waals surface area contributed by atoms with Crippen molar-refractivity contribution in [1.82, 2.24) is 20.1 Å². The third-order valence-corrected chi connectivity index (χ3v) is 5.84. The van der Waals surface area contributed by atoms with Gasteiger partial charge >= 0.3 is 0 Å². The Hall–Kier alpha value is -2.77. The molecule has 2 aromatic carbocycles. The zero-order chi connectivity index (χ0) is 20.1. The van der Waals surface area contributed by atoms with Gasteiger partial charge in [-0.3, -0.25) is 4.79 Å². The molecule has 4 rings (SSSR count). The van der Waals surface area contributed by atoms with Crippen LogP contribution in [0, 0.1) is 0 Å². The highest BCUT2D eigenvalue weighted by Gasteiger charge is 2.09. The Labute approximate surface area is 181 Å². The highest BCUT2D eigenvalue weighted by atomic mass is 79.9. The SMILES string of the molecule is O=C(Cc1csc(-c2cccc(Br)c2)n1)NCCc1ccc(-n2cccn2)cc1. The van der Waals surface area contributed by atoms with Crippen LogP contribution in [0.25, 0.3) is 16.3 Å². The molecule has 0 unspecified atom stereocenters. The van der Waals surface area contributed by atoms with Crippen molar-refractivity contribution in [2.45, 2.75) is 12.8 Å². The van der Waals surface area contributed by atoms with Gasteiger partial charge in [0.1, 0.15) is 5.01 Å². The van der Waals surface area contributed by atoms with Gasteiger partial charge in [-0.1, -0.05) is 40.2 Å². The van der Waals surface area contributed by atoms with Crippen LogP contribution in [-0.2, 0) is 17.6 Å². The first-order chi connectivity index (χ1) is 14.2. The lowest BCUT2D eigenvalue weighted by atomic mass is 10.1. The first-order valence-electron chi connectivity index (χ1n) is 9.23. The van der Waals surface area contributed by atoms with E-state index < -0.39 is 0 Å². The third kappa shape index (κ3) is 5.19. The minimum absolute atomic E-state index is 0.00995. The highest BCUT2D eigenvalue weighted by Crippen LogP contribution is 2.26. The van der Waals surface area contributed by atoms with Gasteiger partial charge in [0.2, 0.25) is 5.91 Å². The summed E-state index contributed by atoms with van der Waals surface area (Å²) in [6.07, 6.45) is 4.75. The van der Waals surface area contributed by atoms with Crippen molar-refractivity contribution < 1.29 is 4.79 Å². The molecule has 0 fully saturated rings. The standard InChI is InChI=1S/C22H19BrN4OS/c23-18-4-1-3-17(13-18)22-26-19(15-29-22)14-21(28)24-11-9-16-5-7-20(8-6-16)27-12-2-10-25-27/h1-8,10,12-13,15H,9,11,14H2,(H,24,28). The van der Waals surface area contributed by atoms with E-state index in [1.807, 2.05) is 58.7 Å². The number of nitrogens with zero attached hydrogens (tertiary/aromatic N) is 3. The maximum Gasteiger partial charge on any atom is 0.226 e. The first kappa shape index (κ1) is 19.5. The number of amides is 1. The Morgan fingerprint density at radius 3 is 2.76 bits per heavy atom. The fourth-order valence-corrected chi connectivity index (χ4v) is 4.17.